The lowest BCUT2D eigenvalue weighted by Crippen LogP contribution is -2.05. The number of aryl methyl sites for hydroxylation is 1. The van der Waals surface area contributed by atoms with Gasteiger partial charge in [-0.3, -0.25) is 0 Å². The van der Waals surface area contributed by atoms with Crippen LogP contribution in [0.1, 0.15) is 43.7 Å². The van der Waals surface area contributed by atoms with E-state index < -0.39 is 0 Å². The van der Waals surface area contributed by atoms with Crippen LogP contribution in [0.5, 0.6) is 0 Å². The van der Waals surface area contributed by atoms with Gasteiger partial charge in [-0.15, -0.1) is 0 Å². The number of unbranched alkanes of at least 4 members (excludes halogenated alkanes) is 2. The van der Waals surface area contributed by atoms with E-state index in [9.17, 15) is 4.79 Å². The second-order valence-electron chi connectivity index (χ2n) is 5.11. The molecule has 19 heavy (non-hydrogen) atoms. The van der Waals surface area contributed by atoms with E-state index in [2.05, 4.69) is 31.2 Å². The second kappa shape index (κ2) is 5.04. The average molecular weight is 254 g/mol. The van der Waals surface area contributed by atoms with Crippen molar-refractivity contribution in [2.24, 2.45) is 0 Å². The number of allylic oxidation sites excluding steroid dienone is 2. The van der Waals surface area contributed by atoms with E-state index in [-0.39, 0.29) is 5.97 Å². The van der Waals surface area contributed by atoms with Crippen LogP contribution in [-0.2, 0) is 16.0 Å². The molecule has 2 nitrogen and oxygen atoms in total. The van der Waals surface area contributed by atoms with Gasteiger partial charge in [-0.25, -0.2) is 4.79 Å². The highest BCUT2D eigenvalue weighted by atomic mass is 16.5. The fourth-order valence-electron chi connectivity index (χ4n) is 2.81. The Morgan fingerprint density at radius 3 is 2.95 bits per heavy atom. The molecule has 0 spiro atoms. The number of carbonyl (C=O) groups excluding carboxylic acids is 1. The second-order valence-corrected chi connectivity index (χ2v) is 5.11. The van der Waals surface area contributed by atoms with Crippen molar-refractivity contribution in [2.45, 2.75) is 39.0 Å². The Morgan fingerprint density at radius 2 is 2.11 bits per heavy atom. The fraction of sp³-hybridized carbons (Fsp3) is 0.353. The first kappa shape index (κ1) is 12.2. The van der Waals surface area contributed by atoms with Crippen molar-refractivity contribution < 1.29 is 9.53 Å². The lowest BCUT2D eigenvalue weighted by Gasteiger charge is -2.16. The molecule has 2 aliphatic rings. The summed E-state index contributed by atoms with van der Waals surface area (Å²) in [5.41, 5.74) is 4.41. The number of hydrogen-bond donors (Lipinski definition) is 0. The molecule has 98 valence electrons. The maximum atomic E-state index is 11.9. The molecule has 0 bridgehead atoms. The topological polar surface area (TPSA) is 26.3 Å². The molecular formula is C17H18O2. The van der Waals surface area contributed by atoms with Crippen LogP contribution in [-0.4, -0.2) is 5.97 Å². The molecular weight excluding hydrogens is 236 g/mol. The van der Waals surface area contributed by atoms with Gasteiger partial charge in [0.2, 0.25) is 0 Å². The summed E-state index contributed by atoms with van der Waals surface area (Å²) in [5.74, 6) is 0.632. The Bertz CT molecular complexity index is 579. The highest BCUT2D eigenvalue weighted by molar-refractivity contribution is 6.08. The molecule has 0 saturated heterocycles. The minimum Gasteiger partial charge on any atom is -0.423 e. The van der Waals surface area contributed by atoms with E-state index in [1.54, 1.807) is 0 Å². The Labute approximate surface area is 113 Å². The average Bonchev–Trinajstić information content (AvgIpc) is 2.76. The Morgan fingerprint density at radius 1 is 1.26 bits per heavy atom. The predicted molar refractivity (Wildman–Crippen MR) is 75.4 cm³/mol. The van der Waals surface area contributed by atoms with Crippen molar-refractivity contribution >= 4 is 11.5 Å². The standard InChI is InChI=1S/C17H18O2/c1-2-3-4-9-15-16-13-8-6-5-7-12(13)10-11-14(16)17(18)19-15/h5-9H,2-4,10-11H2,1H3/b15-9-. The van der Waals surface area contributed by atoms with Crippen LogP contribution in [0.4, 0.5) is 0 Å². The minimum absolute atomic E-state index is 0.146. The smallest absolute Gasteiger partial charge is 0.340 e. The first-order valence-corrected chi connectivity index (χ1v) is 7.05. The quantitative estimate of drug-likeness (QED) is 0.601. The summed E-state index contributed by atoms with van der Waals surface area (Å²) in [5, 5.41) is 0. The van der Waals surface area contributed by atoms with Crippen LogP contribution < -0.4 is 0 Å². The van der Waals surface area contributed by atoms with Crippen molar-refractivity contribution in [1.29, 1.82) is 0 Å². The molecule has 3 rings (SSSR count). The lowest BCUT2D eigenvalue weighted by atomic mass is 9.85. The summed E-state index contributed by atoms with van der Waals surface area (Å²) in [6, 6.07) is 8.33. The largest absolute Gasteiger partial charge is 0.423 e. The molecule has 0 saturated carbocycles. The molecule has 0 aromatic heterocycles. The van der Waals surface area contributed by atoms with Crippen molar-refractivity contribution in [3.63, 3.8) is 0 Å². The SMILES string of the molecule is CCCC/C=C1\OC(=O)C2=C1c1ccccc1CC2. The molecule has 1 aromatic carbocycles. The number of benzene rings is 1. The van der Waals surface area contributed by atoms with Crippen molar-refractivity contribution in [2.75, 3.05) is 0 Å². The Kier molecular flexibility index (Phi) is 3.24. The van der Waals surface area contributed by atoms with Crippen LogP contribution in [0.3, 0.4) is 0 Å². The zero-order chi connectivity index (χ0) is 13.2. The summed E-state index contributed by atoms with van der Waals surface area (Å²) in [7, 11) is 0. The van der Waals surface area contributed by atoms with Gasteiger partial charge in [0.05, 0.1) is 0 Å². The van der Waals surface area contributed by atoms with Gasteiger partial charge < -0.3 is 4.74 Å². The predicted octanol–water partition coefficient (Wildman–Crippen LogP) is 4.02. The fourth-order valence-corrected chi connectivity index (χ4v) is 2.81. The highest BCUT2D eigenvalue weighted by Gasteiger charge is 2.33. The van der Waals surface area contributed by atoms with Gasteiger partial charge >= 0.3 is 5.97 Å². The van der Waals surface area contributed by atoms with Crippen LogP contribution in [0, 0.1) is 0 Å². The first-order valence-electron chi connectivity index (χ1n) is 7.05. The Balaban J connectivity index is 2.02. The van der Waals surface area contributed by atoms with Gasteiger partial charge in [-0.2, -0.15) is 0 Å². The molecule has 0 fully saturated rings. The van der Waals surface area contributed by atoms with Gasteiger partial charge in [-0.05, 0) is 42.9 Å². The molecule has 0 amide bonds. The van der Waals surface area contributed by atoms with Crippen molar-refractivity contribution in [1.82, 2.24) is 0 Å². The van der Waals surface area contributed by atoms with Crippen LogP contribution in [0.25, 0.3) is 5.57 Å². The summed E-state index contributed by atoms with van der Waals surface area (Å²) in [6.07, 6.45) is 7.07. The zero-order valence-corrected chi connectivity index (χ0v) is 11.2. The van der Waals surface area contributed by atoms with E-state index in [0.717, 1.165) is 49.0 Å². The molecule has 1 heterocycles. The third kappa shape index (κ3) is 2.12. The van der Waals surface area contributed by atoms with Gasteiger partial charge in [0.15, 0.2) is 0 Å². The van der Waals surface area contributed by atoms with Gasteiger partial charge in [0, 0.05) is 11.1 Å². The van der Waals surface area contributed by atoms with E-state index in [1.165, 1.54) is 11.1 Å². The van der Waals surface area contributed by atoms with E-state index in [4.69, 9.17) is 4.74 Å². The van der Waals surface area contributed by atoms with Gasteiger partial charge in [0.1, 0.15) is 5.76 Å². The normalized spacial score (nSPS) is 19.4. The van der Waals surface area contributed by atoms with Crippen molar-refractivity contribution in [3.8, 4) is 0 Å². The van der Waals surface area contributed by atoms with Crippen LogP contribution in [0.2, 0.25) is 0 Å². The summed E-state index contributed by atoms with van der Waals surface area (Å²) >= 11 is 0. The maximum absolute atomic E-state index is 11.9. The number of esters is 1. The molecule has 1 aromatic rings. The van der Waals surface area contributed by atoms with Crippen molar-refractivity contribution in [3.05, 3.63) is 52.8 Å². The van der Waals surface area contributed by atoms with Gasteiger partial charge in [-0.1, -0.05) is 37.6 Å². The number of hydrogen-bond acceptors (Lipinski definition) is 2. The molecule has 0 atom stereocenters. The molecule has 0 unspecified atom stereocenters. The highest BCUT2D eigenvalue weighted by Crippen LogP contribution is 2.41. The van der Waals surface area contributed by atoms with Crippen LogP contribution in [0.15, 0.2) is 41.7 Å². The van der Waals surface area contributed by atoms with Crippen LogP contribution >= 0.6 is 0 Å². The number of fused-ring (bicyclic) bond motifs is 2. The number of ether oxygens (including phenoxy) is 1. The molecule has 1 aliphatic carbocycles. The number of carbonyl (C=O) groups is 1. The Hall–Kier alpha value is -1.83. The molecule has 1 aliphatic heterocycles. The number of cyclic esters (lactones) is 1. The summed E-state index contributed by atoms with van der Waals surface area (Å²) in [4.78, 5) is 11.9. The zero-order valence-electron chi connectivity index (χ0n) is 11.2. The minimum atomic E-state index is -0.146. The van der Waals surface area contributed by atoms with E-state index >= 15 is 0 Å². The maximum Gasteiger partial charge on any atom is 0.340 e. The third-order valence-electron chi connectivity index (χ3n) is 3.82. The molecule has 0 radical (unpaired) electrons. The van der Waals surface area contributed by atoms with E-state index in [1.807, 2.05) is 6.07 Å². The summed E-state index contributed by atoms with van der Waals surface area (Å²) < 4.78 is 5.46. The van der Waals surface area contributed by atoms with E-state index in [0.29, 0.717) is 0 Å². The molecule has 2 heteroatoms. The molecule has 0 N–H and O–H groups in total. The first-order chi connectivity index (χ1) is 9.31. The lowest BCUT2D eigenvalue weighted by molar-refractivity contribution is -0.133. The monoisotopic (exact) mass is 254 g/mol. The summed E-state index contributed by atoms with van der Waals surface area (Å²) in [6.45, 7) is 2.17. The van der Waals surface area contributed by atoms with Gasteiger partial charge in [0.25, 0.3) is 0 Å². The third-order valence-corrected chi connectivity index (χ3v) is 3.82. The number of rotatable bonds is 3.